The number of methoxy groups -OCH3 is 1. The van der Waals surface area contributed by atoms with Crippen LogP contribution in [0.25, 0.3) is 0 Å². The topological polar surface area (TPSA) is 62.5 Å². The maximum absolute atomic E-state index is 11.1. The highest BCUT2D eigenvalue weighted by atomic mass is 16.5. The number of nitrogens with zero attached hydrogens (tertiary/aromatic N) is 1. The summed E-state index contributed by atoms with van der Waals surface area (Å²) in [5.74, 6) is -0.469. The van der Waals surface area contributed by atoms with Crippen molar-refractivity contribution in [1.29, 1.82) is 5.53 Å². The Balaban J connectivity index is 2.66. The van der Waals surface area contributed by atoms with Crippen LogP contribution < -0.4 is 0 Å². The van der Waals surface area contributed by atoms with Crippen LogP contribution in [0.3, 0.4) is 0 Å². The lowest BCUT2D eigenvalue weighted by Crippen LogP contribution is -2.22. The standard InChI is InChI=1S/C10H12N2O2/c1-14-10(13)9(12-11)7-8-5-3-2-4-6-8/h2-6,9,11H,7H2,1H3/t9-/m0/s1. The first kappa shape index (κ1) is 10.4. The van der Waals surface area contributed by atoms with Gasteiger partial charge in [-0.3, -0.25) is 0 Å². The zero-order valence-electron chi connectivity index (χ0n) is 7.93. The van der Waals surface area contributed by atoms with Gasteiger partial charge in [0.2, 0.25) is 0 Å². The average molecular weight is 192 g/mol. The van der Waals surface area contributed by atoms with Crippen molar-refractivity contribution in [3.8, 4) is 0 Å². The number of esters is 1. The first-order valence-electron chi connectivity index (χ1n) is 4.26. The third kappa shape index (κ3) is 2.65. The summed E-state index contributed by atoms with van der Waals surface area (Å²) in [4.78, 5) is 11.1. The minimum atomic E-state index is -0.720. The first-order chi connectivity index (χ1) is 6.77. The second-order valence-corrected chi connectivity index (χ2v) is 2.86. The van der Waals surface area contributed by atoms with E-state index in [1.54, 1.807) is 0 Å². The summed E-state index contributed by atoms with van der Waals surface area (Å²) in [7, 11) is 1.30. The molecule has 1 rings (SSSR count). The Morgan fingerprint density at radius 3 is 2.64 bits per heavy atom. The smallest absolute Gasteiger partial charge is 0.332 e. The molecule has 0 amide bonds. The number of carbonyl (C=O) groups is 1. The van der Waals surface area contributed by atoms with Crippen LogP contribution in [0.1, 0.15) is 5.56 Å². The van der Waals surface area contributed by atoms with Gasteiger partial charge in [0.15, 0.2) is 6.04 Å². The van der Waals surface area contributed by atoms with Crippen molar-refractivity contribution < 1.29 is 9.53 Å². The lowest BCUT2D eigenvalue weighted by molar-refractivity contribution is -0.142. The van der Waals surface area contributed by atoms with Gasteiger partial charge in [0.05, 0.1) is 7.11 Å². The Morgan fingerprint density at radius 1 is 1.50 bits per heavy atom. The zero-order chi connectivity index (χ0) is 10.4. The Hall–Kier alpha value is -1.71. The Kier molecular flexibility index (Phi) is 3.79. The molecule has 14 heavy (non-hydrogen) atoms. The molecule has 1 aromatic carbocycles. The first-order valence-corrected chi connectivity index (χ1v) is 4.26. The highest BCUT2D eigenvalue weighted by Gasteiger charge is 2.17. The Bertz CT molecular complexity index is 311. The summed E-state index contributed by atoms with van der Waals surface area (Å²) < 4.78 is 4.52. The molecule has 0 unspecified atom stereocenters. The largest absolute Gasteiger partial charge is 0.467 e. The molecule has 1 aromatic rings. The van der Waals surface area contributed by atoms with Gasteiger partial charge in [0.1, 0.15) is 0 Å². The molecule has 0 bridgehead atoms. The number of rotatable bonds is 4. The summed E-state index contributed by atoms with van der Waals surface area (Å²) in [6.07, 6.45) is 0.414. The molecule has 4 nitrogen and oxygen atoms in total. The van der Waals surface area contributed by atoms with Crippen molar-refractivity contribution in [2.75, 3.05) is 7.11 Å². The fourth-order valence-electron chi connectivity index (χ4n) is 1.16. The van der Waals surface area contributed by atoms with Crippen LogP contribution in [0.15, 0.2) is 35.4 Å². The van der Waals surface area contributed by atoms with Gasteiger partial charge < -0.3 is 4.74 Å². The third-order valence-corrected chi connectivity index (χ3v) is 1.90. The van der Waals surface area contributed by atoms with Gasteiger partial charge in [-0.05, 0) is 5.56 Å². The van der Waals surface area contributed by atoms with Gasteiger partial charge in [-0.15, -0.1) is 0 Å². The molecule has 0 aliphatic heterocycles. The molecule has 74 valence electrons. The van der Waals surface area contributed by atoms with Crippen LogP contribution >= 0.6 is 0 Å². The van der Waals surface area contributed by atoms with Gasteiger partial charge in [0.25, 0.3) is 0 Å². The zero-order valence-corrected chi connectivity index (χ0v) is 7.93. The number of ether oxygens (including phenoxy) is 1. The highest BCUT2D eigenvalue weighted by Crippen LogP contribution is 2.06. The van der Waals surface area contributed by atoms with E-state index in [1.807, 2.05) is 30.3 Å². The summed E-state index contributed by atoms with van der Waals surface area (Å²) in [5.41, 5.74) is 7.84. The number of carbonyl (C=O) groups excluding carboxylic acids is 1. The third-order valence-electron chi connectivity index (χ3n) is 1.90. The van der Waals surface area contributed by atoms with Crippen LogP contribution in [0, 0.1) is 5.53 Å². The Labute approximate surface area is 82.4 Å². The molecule has 4 heteroatoms. The van der Waals surface area contributed by atoms with Gasteiger partial charge >= 0.3 is 5.97 Å². The number of benzene rings is 1. The van der Waals surface area contributed by atoms with Gasteiger partial charge in [-0.1, -0.05) is 30.3 Å². The average Bonchev–Trinajstić information content (AvgIpc) is 2.26. The van der Waals surface area contributed by atoms with Crippen molar-refractivity contribution in [3.05, 3.63) is 35.9 Å². The van der Waals surface area contributed by atoms with Crippen LogP contribution in [-0.4, -0.2) is 19.1 Å². The second-order valence-electron chi connectivity index (χ2n) is 2.86. The number of hydrogen-bond acceptors (Lipinski definition) is 4. The maximum atomic E-state index is 11.1. The van der Waals surface area contributed by atoms with Crippen molar-refractivity contribution in [1.82, 2.24) is 0 Å². The normalized spacial score (nSPS) is 11.8. The molecule has 0 heterocycles. The van der Waals surface area contributed by atoms with Crippen LogP contribution in [0.4, 0.5) is 0 Å². The summed E-state index contributed by atoms with van der Waals surface area (Å²) in [6, 6.07) is 8.72. The molecule has 0 aromatic heterocycles. The minimum absolute atomic E-state index is 0.414. The van der Waals surface area contributed by atoms with Crippen molar-refractivity contribution in [3.63, 3.8) is 0 Å². The molecule has 0 aliphatic rings. The summed E-state index contributed by atoms with van der Waals surface area (Å²) >= 11 is 0. The predicted molar refractivity (Wildman–Crippen MR) is 51.1 cm³/mol. The van der Waals surface area contributed by atoms with E-state index >= 15 is 0 Å². The van der Waals surface area contributed by atoms with E-state index in [4.69, 9.17) is 5.53 Å². The quantitative estimate of drug-likeness (QED) is 0.584. The molecule has 1 atom stereocenters. The van der Waals surface area contributed by atoms with Gasteiger partial charge in [-0.25, -0.2) is 10.3 Å². The summed E-state index contributed by atoms with van der Waals surface area (Å²) in [5, 5.41) is 3.23. The molecule has 0 saturated heterocycles. The molecule has 1 N–H and O–H groups in total. The fourth-order valence-corrected chi connectivity index (χ4v) is 1.16. The molecule has 0 radical (unpaired) electrons. The highest BCUT2D eigenvalue weighted by molar-refractivity contribution is 5.76. The van der Waals surface area contributed by atoms with Crippen LogP contribution in [0.5, 0.6) is 0 Å². The number of nitrogens with one attached hydrogen (secondary N) is 1. The van der Waals surface area contributed by atoms with Crippen LogP contribution in [0.2, 0.25) is 0 Å². The fraction of sp³-hybridized carbons (Fsp3) is 0.300. The van der Waals surface area contributed by atoms with E-state index in [0.29, 0.717) is 6.42 Å². The maximum Gasteiger partial charge on any atom is 0.332 e. The van der Waals surface area contributed by atoms with E-state index in [2.05, 4.69) is 9.85 Å². The summed E-state index contributed by atoms with van der Waals surface area (Å²) in [6.45, 7) is 0. The molecule has 0 fully saturated rings. The molecule has 0 aliphatic carbocycles. The second kappa shape index (κ2) is 5.11. The van der Waals surface area contributed by atoms with E-state index < -0.39 is 12.0 Å². The van der Waals surface area contributed by atoms with E-state index in [-0.39, 0.29) is 0 Å². The van der Waals surface area contributed by atoms with Crippen molar-refractivity contribution in [2.24, 2.45) is 5.11 Å². The van der Waals surface area contributed by atoms with Crippen LogP contribution in [-0.2, 0) is 16.0 Å². The van der Waals surface area contributed by atoms with E-state index in [0.717, 1.165) is 5.56 Å². The molecule has 0 spiro atoms. The van der Waals surface area contributed by atoms with Crippen molar-refractivity contribution >= 4 is 5.97 Å². The van der Waals surface area contributed by atoms with E-state index in [1.165, 1.54) is 7.11 Å². The lowest BCUT2D eigenvalue weighted by atomic mass is 10.1. The van der Waals surface area contributed by atoms with Gasteiger partial charge in [-0.2, -0.15) is 5.11 Å². The lowest BCUT2D eigenvalue weighted by Gasteiger charge is -2.07. The minimum Gasteiger partial charge on any atom is -0.467 e. The molecule has 0 saturated carbocycles. The van der Waals surface area contributed by atoms with Crippen molar-refractivity contribution in [2.45, 2.75) is 12.5 Å². The molecular formula is C10H12N2O2. The molecular weight excluding hydrogens is 180 g/mol. The van der Waals surface area contributed by atoms with E-state index in [9.17, 15) is 4.79 Å². The Morgan fingerprint density at radius 2 is 2.14 bits per heavy atom. The predicted octanol–water partition coefficient (Wildman–Crippen LogP) is 1.80. The SMILES string of the molecule is COC(=O)[C@H](Cc1ccccc1)N=N. The number of hydrogen-bond donors (Lipinski definition) is 1. The monoisotopic (exact) mass is 192 g/mol. The van der Waals surface area contributed by atoms with Gasteiger partial charge in [0, 0.05) is 6.42 Å².